The second-order valence-electron chi connectivity index (χ2n) is 4.88. The van der Waals surface area contributed by atoms with Gasteiger partial charge < -0.3 is 5.43 Å². The average Bonchev–Trinajstić information content (AvgIpc) is 2.40. The summed E-state index contributed by atoms with van der Waals surface area (Å²) in [4.78, 5) is 4.38. The van der Waals surface area contributed by atoms with Crippen molar-refractivity contribution in [2.45, 2.75) is 34.6 Å². The van der Waals surface area contributed by atoms with E-state index in [-0.39, 0.29) is 0 Å². The number of hydrazine groups is 1. The van der Waals surface area contributed by atoms with Crippen molar-refractivity contribution in [3.05, 3.63) is 0 Å². The van der Waals surface area contributed by atoms with Crippen molar-refractivity contribution in [1.82, 2.24) is 5.43 Å². The van der Waals surface area contributed by atoms with Crippen LogP contribution in [0.1, 0.15) is 34.6 Å². The number of aliphatic imine (C=N–C) groups is 1. The molecule has 0 radical (unpaired) electrons. The van der Waals surface area contributed by atoms with Crippen molar-refractivity contribution >= 4 is 5.84 Å². The molecule has 0 unspecified atom stereocenters. The van der Waals surface area contributed by atoms with E-state index in [9.17, 15) is 0 Å². The Balaban J connectivity index is 2.82. The molecule has 0 heterocycles. The zero-order valence-electron chi connectivity index (χ0n) is 9.31. The molecule has 1 saturated carbocycles. The zero-order chi connectivity index (χ0) is 10.3. The van der Waals surface area contributed by atoms with Gasteiger partial charge >= 0.3 is 0 Å². The molecule has 0 saturated heterocycles. The first-order valence-corrected chi connectivity index (χ1v) is 4.90. The smallest absolute Gasteiger partial charge is 0.114 e. The van der Waals surface area contributed by atoms with Crippen molar-refractivity contribution < 1.29 is 0 Å². The number of rotatable bonds is 2. The molecule has 76 valence electrons. The Morgan fingerprint density at radius 1 is 1.31 bits per heavy atom. The molecule has 1 fully saturated rings. The molecule has 1 aliphatic rings. The highest BCUT2D eigenvalue weighted by molar-refractivity contribution is 5.88. The van der Waals surface area contributed by atoms with E-state index in [1.165, 1.54) is 0 Å². The molecule has 0 aromatic rings. The van der Waals surface area contributed by atoms with Gasteiger partial charge in [-0.3, -0.25) is 4.99 Å². The van der Waals surface area contributed by atoms with Gasteiger partial charge in [-0.1, -0.05) is 27.7 Å². The molecule has 3 heteroatoms. The van der Waals surface area contributed by atoms with Crippen molar-refractivity contribution in [3.63, 3.8) is 0 Å². The summed E-state index contributed by atoms with van der Waals surface area (Å²) in [5, 5.41) is 0. The van der Waals surface area contributed by atoms with E-state index in [4.69, 9.17) is 5.84 Å². The van der Waals surface area contributed by atoms with E-state index in [1.54, 1.807) is 0 Å². The first-order valence-electron chi connectivity index (χ1n) is 4.90. The minimum absolute atomic E-state index is 0.313. The van der Waals surface area contributed by atoms with Crippen molar-refractivity contribution in [2.75, 3.05) is 6.54 Å². The molecule has 13 heavy (non-hydrogen) atoms. The van der Waals surface area contributed by atoms with Crippen LogP contribution in [0.2, 0.25) is 0 Å². The lowest BCUT2D eigenvalue weighted by Gasteiger charge is -2.06. The Morgan fingerprint density at radius 3 is 2.00 bits per heavy atom. The van der Waals surface area contributed by atoms with E-state index < -0.39 is 0 Å². The number of nitrogens with zero attached hydrogens (tertiary/aromatic N) is 1. The molecular weight excluding hydrogens is 162 g/mol. The SMILES string of the molecule is CCN=C(NN)C1C(C)(C)C1(C)C. The molecule has 0 amide bonds. The number of amidine groups is 1. The van der Waals surface area contributed by atoms with Crippen molar-refractivity contribution in [1.29, 1.82) is 0 Å². The molecule has 0 atom stereocenters. The molecule has 0 bridgehead atoms. The number of hydrogen-bond donors (Lipinski definition) is 2. The van der Waals surface area contributed by atoms with Crippen LogP contribution >= 0.6 is 0 Å². The first-order chi connectivity index (χ1) is 5.89. The molecular formula is C10H21N3. The first kappa shape index (κ1) is 10.5. The lowest BCUT2D eigenvalue weighted by atomic mass is 10.0. The summed E-state index contributed by atoms with van der Waals surface area (Å²) >= 11 is 0. The van der Waals surface area contributed by atoms with Crippen LogP contribution in [0.4, 0.5) is 0 Å². The van der Waals surface area contributed by atoms with Crippen LogP contribution in [0.25, 0.3) is 0 Å². The van der Waals surface area contributed by atoms with Gasteiger partial charge in [0.05, 0.1) is 0 Å². The van der Waals surface area contributed by atoms with Gasteiger partial charge in [0.1, 0.15) is 5.84 Å². The Labute approximate surface area is 80.8 Å². The van der Waals surface area contributed by atoms with Gasteiger partial charge in [-0.05, 0) is 17.8 Å². The molecule has 1 aliphatic carbocycles. The molecule has 1 rings (SSSR count). The van der Waals surface area contributed by atoms with Gasteiger partial charge in [0.2, 0.25) is 0 Å². The maximum atomic E-state index is 5.46. The van der Waals surface area contributed by atoms with E-state index in [2.05, 4.69) is 38.1 Å². The van der Waals surface area contributed by atoms with Gasteiger partial charge in [-0.15, -0.1) is 0 Å². The Hall–Kier alpha value is -0.570. The van der Waals surface area contributed by atoms with Gasteiger partial charge in [-0.2, -0.15) is 0 Å². The van der Waals surface area contributed by atoms with Crippen LogP contribution in [0.3, 0.4) is 0 Å². The maximum Gasteiger partial charge on any atom is 0.114 e. The van der Waals surface area contributed by atoms with Crippen LogP contribution in [0.5, 0.6) is 0 Å². The van der Waals surface area contributed by atoms with Crippen LogP contribution in [-0.4, -0.2) is 12.4 Å². The van der Waals surface area contributed by atoms with Crippen LogP contribution in [0.15, 0.2) is 4.99 Å². The third kappa shape index (κ3) is 1.35. The molecule has 0 aliphatic heterocycles. The number of nitrogens with one attached hydrogen (secondary N) is 1. The fourth-order valence-corrected chi connectivity index (χ4v) is 2.27. The summed E-state index contributed by atoms with van der Waals surface area (Å²) in [6.07, 6.45) is 0. The van der Waals surface area contributed by atoms with Gasteiger partial charge in [-0.25, -0.2) is 5.84 Å². The largest absolute Gasteiger partial charge is 0.312 e. The third-order valence-electron chi connectivity index (χ3n) is 3.77. The van der Waals surface area contributed by atoms with Crippen molar-refractivity contribution in [2.24, 2.45) is 27.6 Å². The second kappa shape index (κ2) is 2.98. The van der Waals surface area contributed by atoms with Crippen molar-refractivity contribution in [3.8, 4) is 0 Å². The van der Waals surface area contributed by atoms with E-state index in [1.807, 2.05) is 6.92 Å². The topological polar surface area (TPSA) is 50.4 Å². The van der Waals surface area contributed by atoms with E-state index in [0.717, 1.165) is 12.4 Å². The van der Waals surface area contributed by atoms with Gasteiger partial charge in [0.15, 0.2) is 0 Å². The highest BCUT2D eigenvalue weighted by Gasteiger charge is 2.66. The standard InChI is InChI=1S/C10H21N3/c1-6-12-8(13-11)7-9(2,3)10(7,4)5/h7H,6,11H2,1-5H3,(H,12,13). The monoisotopic (exact) mass is 183 g/mol. The molecule has 3 nitrogen and oxygen atoms in total. The predicted octanol–water partition coefficient (Wildman–Crippen LogP) is 1.55. The molecule has 3 N–H and O–H groups in total. The number of nitrogens with two attached hydrogens (primary N) is 1. The Morgan fingerprint density at radius 2 is 1.77 bits per heavy atom. The summed E-state index contributed by atoms with van der Waals surface area (Å²) < 4.78 is 0. The molecule has 0 aromatic heterocycles. The van der Waals surface area contributed by atoms with E-state index >= 15 is 0 Å². The highest BCUT2D eigenvalue weighted by Crippen LogP contribution is 2.68. The minimum atomic E-state index is 0.313. The lowest BCUT2D eigenvalue weighted by molar-refractivity contribution is 0.457. The third-order valence-corrected chi connectivity index (χ3v) is 3.77. The normalized spacial score (nSPS) is 25.8. The highest BCUT2D eigenvalue weighted by atomic mass is 15.3. The maximum absolute atomic E-state index is 5.46. The average molecular weight is 183 g/mol. The van der Waals surface area contributed by atoms with Gasteiger partial charge in [0.25, 0.3) is 0 Å². The quantitative estimate of drug-likeness (QED) is 0.295. The number of hydrogen-bond acceptors (Lipinski definition) is 2. The van der Waals surface area contributed by atoms with Gasteiger partial charge in [0, 0.05) is 12.5 Å². The Bertz CT molecular complexity index is 214. The summed E-state index contributed by atoms with van der Waals surface area (Å²) in [6, 6.07) is 0. The zero-order valence-corrected chi connectivity index (χ0v) is 9.31. The summed E-state index contributed by atoms with van der Waals surface area (Å²) in [7, 11) is 0. The lowest BCUT2D eigenvalue weighted by Crippen LogP contribution is -2.34. The molecule has 0 aromatic carbocycles. The van der Waals surface area contributed by atoms with Crippen LogP contribution < -0.4 is 11.3 Å². The minimum Gasteiger partial charge on any atom is -0.312 e. The molecule has 0 spiro atoms. The second-order valence-corrected chi connectivity index (χ2v) is 4.88. The fraction of sp³-hybridized carbons (Fsp3) is 0.900. The predicted molar refractivity (Wildman–Crippen MR) is 56.4 cm³/mol. The summed E-state index contributed by atoms with van der Waals surface area (Å²) in [5.74, 6) is 6.89. The van der Waals surface area contributed by atoms with Crippen LogP contribution in [-0.2, 0) is 0 Å². The fourth-order valence-electron chi connectivity index (χ4n) is 2.27. The summed E-state index contributed by atoms with van der Waals surface area (Å²) in [5.41, 5.74) is 3.35. The Kier molecular flexibility index (Phi) is 2.41. The van der Waals surface area contributed by atoms with E-state index in [0.29, 0.717) is 16.7 Å². The van der Waals surface area contributed by atoms with Crippen LogP contribution in [0, 0.1) is 16.7 Å². The summed E-state index contributed by atoms with van der Waals surface area (Å²) in [6.45, 7) is 11.9.